The van der Waals surface area contributed by atoms with Crippen LogP contribution < -0.4 is 15.4 Å². The first kappa shape index (κ1) is 26.5. The fourth-order valence-electron chi connectivity index (χ4n) is 3.58. The summed E-state index contributed by atoms with van der Waals surface area (Å²) in [5, 5.41) is 6.74. The zero-order chi connectivity index (χ0) is 20.9. The highest BCUT2D eigenvalue weighted by molar-refractivity contribution is 14.0. The summed E-state index contributed by atoms with van der Waals surface area (Å²) in [6.45, 7) is 8.47. The zero-order valence-corrected chi connectivity index (χ0v) is 21.1. The van der Waals surface area contributed by atoms with Crippen molar-refractivity contribution in [3.8, 4) is 5.75 Å². The third kappa shape index (κ3) is 9.53. The number of methoxy groups -OCH3 is 1. The van der Waals surface area contributed by atoms with Crippen LogP contribution in [-0.4, -0.2) is 56.6 Å². The number of halogens is 1. The van der Waals surface area contributed by atoms with Crippen LogP contribution in [0.25, 0.3) is 0 Å². The molecule has 1 aromatic rings. The Morgan fingerprint density at radius 3 is 2.67 bits per heavy atom. The number of benzene rings is 1. The number of nitrogens with zero attached hydrogens (tertiary/aromatic N) is 2. The van der Waals surface area contributed by atoms with Crippen molar-refractivity contribution in [1.82, 2.24) is 15.5 Å². The average molecular weight is 530 g/mol. The number of rotatable bonds is 10. The predicted octanol–water partition coefficient (Wildman–Crippen LogP) is 4.15. The molecule has 1 amide bonds. The molecule has 0 bridgehead atoms. The van der Waals surface area contributed by atoms with Crippen molar-refractivity contribution in [3.63, 3.8) is 0 Å². The molecule has 0 aliphatic carbocycles. The lowest BCUT2D eigenvalue weighted by Gasteiger charge is -2.20. The second-order valence-corrected chi connectivity index (χ2v) is 7.70. The van der Waals surface area contributed by atoms with E-state index in [0.717, 1.165) is 70.1 Å². The smallest absolute Gasteiger partial charge is 0.222 e. The number of aliphatic imine (C=N–C) groups is 1. The average Bonchev–Trinajstić information content (AvgIpc) is 2.95. The maximum absolute atomic E-state index is 12.1. The van der Waals surface area contributed by atoms with Gasteiger partial charge in [0, 0.05) is 39.1 Å². The van der Waals surface area contributed by atoms with Gasteiger partial charge in [-0.2, -0.15) is 0 Å². The molecule has 1 aliphatic rings. The maximum atomic E-state index is 12.1. The van der Waals surface area contributed by atoms with E-state index in [1.165, 1.54) is 12.0 Å². The van der Waals surface area contributed by atoms with Crippen LogP contribution in [0, 0.1) is 0 Å². The molecular weight excluding hydrogens is 491 g/mol. The molecule has 0 saturated carbocycles. The summed E-state index contributed by atoms with van der Waals surface area (Å²) in [5.41, 5.74) is 1.32. The SMILES string of the molecule is CCNC(=NCCCN1CCCCCC1=O)NCCC(C)c1ccc(OC)cc1.I. The van der Waals surface area contributed by atoms with Crippen molar-refractivity contribution in [3.05, 3.63) is 29.8 Å². The predicted molar refractivity (Wildman–Crippen MR) is 135 cm³/mol. The van der Waals surface area contributed by atoms with E-state index in [1.54, 1.807) is 7.11 Å². The molecule has 1 atom stereocenters. The van der Waals surface area contributed by atoms with Crippen LogP contribution in [0.3, 0.4) is 0 Å². The second-order valence-electron chi connectivity index (χ2n) is 7.70. The molecule has 1 heterocycles. The minimum Gasteiger partial charge on any atom is -0.497 e. The van der Waals surface area contributed by atoms with Gasteiger partial charge < -0.3 is 20.3 Å². The lowest BCUT2D eigenvalue weighted by atomic mass is 9.98. The summed E-state index contributed by atoms with van der Waals surface area (Å²) in [6, 6.07) is 8.29. The first-order valence-electron chi connectivity index (χ1n) is 11.1. The summed E-state index contributed by atoms with van der Waals surface area (Å²) >= 11 is 0. The third-order valence-corrected chi connectivity index (χ3v) is 5.43. The fourth-order valence-corrected chi connectivity index (χ4v) is 3.58. The Hall–Kier alpha value is -1.51. The minimum atomic E-state index is 0. The normalized spacial score (nSPS) is 15.8. The minimum absolute atomic E-state index is 0. The molecule has 6 nitrogen and oxygen atoms in total. The summed E-state index contributed by atoms with van der Waals surface area (Å²) in [7, 11) is 1.69. The molecule has 0 aromatic heterocycles. The second kappa shape index (κ2) is 15.3. The third-order valence-electron chi connectivity index (χ3n) is 5.43. The van der Waals surface area contributed by atoms with E-state index in [2.05, 4.69) is 41.6 Å². The monoisotopic (exact) mass is 530 g/mol. The van der Waals surface area contributed by atoms with Gasteiger partial charge in [0.2, 0.25) is 5.91 Å². The quantitative estimate of drug-likeness (QED) is 0.207. The highest BCUT2D eigenvalue weighted by Crippen LogP contribution is 2.21. The van der Waals surface area contributed by atoms with E-state index < -0.39 is 0 Å². The van der Waals surface area contributed by atoms with E-state index in [1.807, 2.05) is 17.0 Å². The van der Waals surface area contributed by atoms with Gasteiger partial charge in [-0.3, -0.25) is 9.79 Å². The molecule has 1 unspecified atom stereocenters. The van der Waals surface area contributed by atoms with Crippen LogP contribution in [-0.2, 0) is 4.79 Å². The van der Waals surface area contributed by atoms with Gasteiger partial charge in [0.15, 0.2) is 5.96 Å². The standard InChI is InChI=1S/C23H38N4O2.HI/c1-4-24-23(25-15-8-18-27-17-7-5-6-9-22(27)28)26-16-14-19(2)20-10-12-21(29-3)13-11-20;/h10-13,19H,4-9,14-18H2,1-3H3,(H2,24,25,26);1H. The molecule has 7 heteroatoms. The Labute approximate surface area is 199 Å². The molecule has 2 rings (SSSR count). The van der Waals surface area contributed by atoms with Crippen LogP contribution in [0.4, 0.5) is 0 Å². The van der Waals surface area contributed by atoms with Crippen molar-refractivity contribution in [2.24, 2.45) is 4.99 Å². The van der Waals surface area contributed by atoms with Crippen LogP contribution in [0.5, 0.6) is 5.75 Å². The highest BCUT2D eigenvalue weighted by Gasteiger charge is 2.15. The molecule has 2 N–H and O–H groups in total. The van der Waals surface area contributed by atoms with Gasteiger partial charge in [-0.15, -0.1) is 24.0 Å². The first-order chi connectivity index (χ1) is 14.1. The number of carbonyl (C=O) groups excluding carboxylic acids is 1. The molecule has 1 aromatic carbocycles. The van der Waals surface area contributed by atoms with Gasteiger partial charge in [0.1, 0.15) is 5.75 Å². The van der Waals surface area contributed by atoms with Gasteiger partial charge in [-0.05, 0) is 56.2 Å². The Bertz CT molecular complexity index is 637. The summed E-state index contributed by atoms with van der Waals surface area (Å²) < 4.78 is 5.23. The molecule has 1 fully saturated rings. The Balaban J connectivity index is 0.00000450. The van der Waals surface area contributed by atoms with E-state index >= 15 is 0 Å². The Kier molecular flexibility index (Phi) is 13.5. The lowest BCUT2D eigenvalue weighted by molar-refractivity contribution is -0.130. The van der Waals surface area contributed by atoms with E-state index in [0.29, 0.717) is 18.2 Å². The molecular formula is C23H39IN4O2. The van der Waals surface area contributed by atoms with Crippen molar-refractivity contribution >= 4 is 35.8 Å². The van der Waals surface area contributed by atoms with Crippen molar-refractivity contribution in [2.45, 2.75) is 58.3 Å². The number of likely N-dealkylation sites (tertiary alicyclic amines) is 1. The Morgan fingerprint density at radius 2 is 1.97 bits per heavy atom. The largest absolute Gasteiger partial charge is 0.497 e. The number of amides is 1. The summed E-state index contributed by atoms with van der Waals surface area (Å²) in [5.74, 6) is 2.52. The topological polar surface area (TPSA) is 66.0 Å². The van der Waals surface area contributed by atoms with Crippen molar-refractivity contribution < 1.29 is 9.53 Å². The number of carbonyl (C=O) groups is 1. The first-order valence-corrected chi connectivity index (χ1v) is 11.1. The van der Waals surface area contributed by atoms with Gasteiger partial charge in [-0.25, -0.2) is 0 Å². The number of hydrogen-bond acceptors (Lipinski definition) is 3. The van der Waals surface area contributed by atoms with Crippen molar-refractivity contribution in [1.29, 1.82) is 0 Å². The number of guanidine groups is 1. The fraction of sp³-hybridized carbons (Fsp3) is 0.652. The van der Waals surface area contributed by atoms with E-state index in [4.69, 9.17) is 4.74 Å². The molecule has 1 saturated heterocycles. The molecule has 30 heavy (non-hydrogen) atoms. The highest BCUT2D eigenvalue weighted by atomic mass is 127. The van der Waals surface area contributed by atoms with E-state index in [-0.39, 0.29) is 24.0 Å². The molecule has 0 radical (unpaired) electrons. The maximum Gasteiger partial charge on any atom is 0.222 e. The van der Waals surface area contributed by atoms with Crippen molar-refractivity contribution in [2.75, 3.05) is 39.8 Å². The van der Waals surface area contributed by atoms with Crippen LogP contribution in [0.2, 0.25) is 0 Å². The van der Waals surface area contributed by atoms with Crippen LogP contribution in [0.15, 0.2) is 29.3 Å². The number of nitrogens with one attached hydrogen (secondary N) is 2. The number of hydrogen-bond donors (Lipinski definition) is 2. The Morgan fingerprint density at radius 1 is 1.20 bits per heavy atom. The molecule has 1 aliphatic heterocycles. The lowest BCUT2D eigenvalue weighted by Crippen LogP contribution is -2.38. The van der Waals surface area contributed by atoms with Crippen LogP contribution in [0.1, 0.15) is 63.9 Å². The molecule has 170 valence electrons. The van der Waals surface area contributed by atoms with E-state index in [9.17, 15) is 4.79 Å². The molecule has 0 spiro atoms. The van der Waals surface area contributed by atoms with Crippen LogP contribution >= 0.6 is 24.0 Å². The summed E-state index contributed by atoms with van der Waals surface area (Å²) in [6.07, 6.45) is 5.98. The van der Waals surface area contributed by atoms with Gasteiger partial charge in [0.25, 0.3) is 0 Å². The van der Waals surface area contributed by atoms with Gasteiger partial charge in [-0.1, -0.05) is 25.5 Å². The zero-order valence-electron chi connectivity index (χ0n) is 18.8. The van der Waals surface area contributed by atoms with Gasteiger partial charge >= 0.3 is 0 Å². The number of ether oxygens (including phenoxy) is 1. The van der Waals surface area contributed by atoms with Gasteiger partial charge in [0.05, 0.1) is 7.11 Å². The summed E-state index contributed by atoms with van der Waals surface area (Å²) in [4.78, 5) is 18.8.